The standard InChI is InChI=1S/C20H22BrN3O2S/c1-13-8-9-16(26-4)17-18(13)27-20(22-17)24(11-10-23(2)3)19(25)14-6-5-7-15(21)12-14/h5-9,12H,10-11H2,1-4H3. The topological polar surface area (TPSA) is 45.7 Å². The third-order valence-corrected chi connectivity index (χ3v) is 5.94. The van der Waals surface area contributed by atoms with Gasteiger partial charge in [0, 0.05) is 23.1 Å². The second-order valence-electron chi connectivity index (χ2n) is 6.53. The maximum absolute atomic E-state index is 13.2. The SMILES string of the molecule is COc1ccc(C)c2sc(N(CCN(C)C)C(=O)c3cccc(Br)c3)nc12. The molecule has 1 heterocycles. The van der Waals surface area contributed by atoms with Gasteiger partial charge >= 0.3 is 0 Å². The number of hydrogen-bond donors (Lipinski definition) is 0. The monoisotopic (exact) mass is 447 g/mol. The summed E-state index contributed by atoms with van der Waals surface area (Å²) in [4.78, 5) is 21.8. The van der Waals surface area contributed by atoms with Crippen LogP contribution in [0.15, 0.2) is 40.9 Å². The molecule has 0 atom stereocenters. The Labute approximate surface area is 171 Å². The highest BCUT2D eigenvalue weighted by molar-refractivity contribution is 9.10. The van der Waals surface area contributed by atoms with E-state index in [2.05, 4.69) is 20.8 Å². The highest BCUT2D eigenvalue weighted by atomic mass is 79.9. The number of rotatable bonds is 6. The number of fused-ring (bicyclic) bond motifs is 1. The van der Waals surface area contributed by atoms with Crippen molar-refractivity contribution in [1.82, 2.24) is 9.88 Å². The van der Waals surface area contributed by atoms with E-state index in [0.29, 0.717) is 17.2 Å². The third kappa shape index (κ3) is 4.31. The van der Waals surface area contributed by atoms with Gasteiger partial charge in [-0.3, -0.25) is 9.69 Å². The maximum atomic E-state index is 13.2. The van der Waals surface area contributed by atoms with Crippen LogP contribution in [0.3, 0.4) is 0 Å². The Morgan fingerprint density at radius 1 is 1.22 bits per heavy atom. The lowest BCUT2D eigenvalue weighted by Gasteiger charge is -2.22. The minimum Gasteiger partial charge on any atom is -0.494 e. The van der Waals surface area contributed by atoms with E-state index in [1.165, 1.54) is 11.3 Å². The van der Waals surface area contributed by atoms with Crippen molar-refractivity contribution < 1.29 is 9.53 Å². The van der Waals surface area contributed by atoms with Crippen LogP contribution in [0.1, 0.15) is 15.9 Å². The molecule has 0 aliphatic carbocycles. The molecule has 0 fully saturated rings. The Hall–Kier alpha value is -1.96. The van der Waals surface area contributed by atoms with Gasteiger partial charge in [-0.25, -0.2) is 4.98 Å². The molecule has 0 bridgehead atoms. The average molecular weight is 448 g/mol. The minimum atomic E-state index is -0.0613. The van der Waals surface area contributed by atoms with Crippen molar-refractivity contribution in [3.8, 4) is 5.75 Å². The van der Waals surface area contributed by atoms with Gasteiger partial charge in [0.1, 0.15) is 11.3 Å². The van der Waals surface area contributed by atoms with Crippen molar-refractivity contribution in [1.29, 1.82) is 0 Å². The number of aryl methyl sites for hydroxylation is 1. The van der Waals surface area contributed by atoms with Crippen LogP contribution in [0.2, 0.25) is 0 Å². The van der Waals surface area contributed by atoms with E-state index in [0.717, 1.165) is 32.5 Å². The lowest BCUT2D eigenvalue weighted by atomic mass is 10.2. The predicted molar refractivity (Wildman–Crippen MR) is 115 cm³/mol. The zero-order chi connectivity index (χ0) is 19.6. The lowest BCUT2D eigenvalue weighted by Crippen LogP contribution is -2.36. The predicted octanol–water partition coefficient (Wildman–Crippen LogP) is 4.58. The fourth-order valence-corrected chi connectivity index (χ4v) is 4.22. The molecule has 0 radical (unpaired) electrons. The van der Waals surface area contributed by atoms with E-state index in [1.807, 2.05) is 57.4 Å². The molecular weight excluding hydrogens is 426 g/mol. The first kappa shape index (κ1) is 19.8. The van der Waals surface area contributed by atoms with Gasteiger partial charge in [-0.05, 0) is 50.8 Å². The summed E-state index contributed by atoms with van der Waals surface area (Å²) in [6.45, 7) is 3.34. The van der Waals surface area contributed by atoms with E-state index in [1.54, 1.807) is 12.0 Å². The number of ether oxygens (including phenoxy) is 1. The zero-order valence-electron chi connectivity index (χ0n) is 15.8. The summed E-state index contributed by atoms with van der Waals surface area (Å²) in [5.74, 6) is 0.661. The number of carbonyl (C=O) groups excluding carboxylic acids is 1. The van der Waals surface area contributed by atoms with Crippen molar-refractivity contribution >= 4 is 48.5 Å². The van der Waals surface area contributed by atoms with E-state index in [9.17, 15) is 4.79 Å². The zero-order valence-corrected chi connectivity index (χ0v) is 18.2. The summed E-state index contributed by atoms with van der Waals surface area (Å²) >= 11 is 4.97. The van der Waals surface area contributed by atoms with Gasteiger partial charge in [0.15, 0.2) is 5.13 Å². The average Bonchev–Trinajstić information content (AvgIpc) is 3.08. The highest BCUT2D eigenvalue weighted by Gasteiger charge is 2.23. The van der Waals surface area contributed by atoms with Crippen molar-refractivity contribution in [2.45, 2.75) is 6.92 Å². The van der Waals surface area contributed by atoms with E-state index < -0.39 is 0 Å². The van der Waals surface area contributed by atoms with E-state index >= 15 is 0 Å². The molecule has 7 heteroatoms. The molecule has 0 aliphatic heterocycles. The molecule has 5 nitrogen and oxygen atoms in total. The summed E-state index contributed by atoms with van der Waals surface area (Å²) in [6, 6.07) is 11.4. The first-order valence-electron chi connectivity index (χ1n) is 8.57. The normalized spacial score (nSPS) is 11.2. The van der Waals surface area contributed by atoms with Crippen LogP contribution in [0.4, 0.5) is 5.13 Å². The van der Waals surface area contributed by atoms with Gasteiger partial charge in [-0.1, -0.05) is 39.4 Å². The summed E-state index contributed by atoms with van der Waals surface area (Å²) in [5, 5.41) is 0.685. The largest absolute Gasteiger partial charge is 0.494 e. The molecule has 2 aromatic carbocycles. The van der Waals surface area contributed by atoms with Gasteiger partial charge in [0.25, 0.3) is 5.91 Å². The first-order chi connectivity index (χ1) is 12.9. The number of thiazole rings is 1. The van der Waals surface area contributed by atoms with Crippen LogP contribution in [0.5, 0.6) is 5.75 Å². The van der Waals surface area contributed by atoms with Crippen molar-refractivity contribution in [3.63, 3.8) is 0 Å². The number of methoxy groups -OCH3 is 1. The fraction of sp³-hybridized carbons (Fsp3) is 0.300. The number of halogens is 1. The molecule has 0 spiro atoms. The molecular formula is C20H22BrN3O2S. The molecule has 0 saturated heterocycles. The molecule has 1 amide bonds. The van der Waals surface area contributed by atoms with Crippen molar-refractivity contribution in [2.24, 2.45) is 0 Å². The van der Waals surface area contributed by atoms with Gasteiger partial charge < -0.3 is 9.64 Å². The minimum absolute atomic E-state index is 0.0613. The second kappa shape index (κ2) is 8.37. The molecule has 1 aromatic heterocycles. The maximum Gasteiger partial charge on any atom is 0.260 e. The number of aromatic nitrogens is 1. The number of hydrogen-bond acceptors (Lipinski definition) is 5. The molecule has 0 aliphatic rings. The van der Waals surface area contributed by atoms with Crippen LogP contribution in [-0.4, -0.2) is 50.1 Å². The molecule has 0 unspecified atom stereocenters. The van der Waals surface area contributed by atoms with E-state index in [-0.39, 0.29) is 5.91 Å². The van der Waals surface area contributed by atoms with Gasteiger partial charge in [0.05, 0.1) is 11.8 Å². The number of benzene rings is 2. The summed E-state index contributed by atoms with van der Waals surface area (Å²) in [5.41, 5.74) is 2.55. The Morgan fingerprint density at radius 2 is 2.00 bits per heavy atom. The van der Waals surface area contributed by atoms with Crippen LogP contribution < -0.4 is 9.64 Å². The number of anilines is 1. The lowest BCUT2D eigenvalue weighted by molar-refractivity contribution is 0.0985. The van der Waals surface area contributed by atoms with Gasteiger partial charge in [0.2, 0.25) is 0 Å². The Kier molecular flexibility index (Phi) is 6.14. The number of carbonyl (C=O) groups is 1. The first-order valence-corrected chi connectivity index (χ1v) is 10.2. The third-order valence-electron chi connectivity index (χ3n) is 4.23. The van der Waals surface area contributed by atoms with Crippen molar-refractivity contribution in [2.75, 3.05) is 39.2 Å². The molecule has 142 valence electrons. The smallest absolute Gasteiger partial charge is 0.260 e. The molecule has 3 rings (SSSR count). The van der Waals surface area contributed by atoms with E-state index in [4.69, 9.17) is 9.72 Å². The Balaban J connectivity index is 2.06. The highest BCUT2D eigenvalue weighted by Crippen LogP contribution is 2.36. The van der Waals surface area contributed by atoms with Crippen LogP contribution in [0, 0.1) is 6.92 Å². The summed E-state index contributed by atoms with van der Waals surface area (Å²) in [6.07, 6.45) is 0. The van der Waals surface area contributed by atoms with Crippen LogP contribution in [-0.2, 0) is 0 Å². The fourth-order valence-electron chi connectivity index (χ4n) is 2.74. The molecule has 0 N–H and O–H groups in total. The van der Waals surface area contributed by atoms with Crippen molar-refractivity contribution in [3.05, 3.63) is 52.0 Å². The van der Waals surface area contributed by atoms with Crippen LogP contribution >= 0.6 is 27.3 Å². The number of amides is 1. The molecule has 3 aromatic rings. The quantitative estimate of drug-likeness (QED) is 0.554. The summed E-state index contributed by atoms with van der Waals surface area (Å²) in [7, 11) is 5.63. The van der Waals surface area contributed by atoms with Crippen LogP contribution in [0.25, 0.3) is 10.2 Å². The summed E-state index contributed by atoms with van der Waals surface area (Å²) < 4.78 is 7.38. The van der Waals surface area contributed by atoms with Gasteiger partial charge in [-0.2, -0.15) is 0 Å². The Morgan fingerprint density at radius 3 is 2.67 bits per heavy atom. The Bertz CT molecular complexity index is 971. The molecule has 0 saturated carbocycles. The second-order valence-corrected chi connectivity index (χ2v) is 8.42. The number of nitrogens with zero attached hydrogens (tertiary/aromatic N) is 3. The molecule has 27 heavy (non-hydrogen) atoms. The van der Waals surface area contributed by atoms with Gasteiger partial charge in [-0.15, -0.1) is 0 Å². The number of likely N-dealkylation sites (N-methyl/N-ethyl adjacent to an activating group) is 1.